The molecular weight excluding hydrogens is 524 g/mol. The molecular formula is C28H26N2O10. The molecule has 12 nitrogen and oxygen atoms in total. The zero-order chi connectivity index (χ0) is 29.5. The second-order valence-electron chi connectivity index (χ2n) is 8.96. The maximum absolute atomic E-state index is 12.4. The zero-order valence-electron chi connectivity index (χ0n) is 22.9. The Hall–Kier alpha value is -5.13. The number of hydrogen-bond acceptors (Lipinski definition) is 10. The van der Waals surface area contributed by atoms with Crippen molar-refractivity contribution in [2.24, 2.45) is 14.1 Å². The smallest absolute Gasteiger partial charge is 0.308 e. The van der Waals surface area contributed by atoms with E-state index in [2.05, 4.69) is 0 Å². The fraction of sp³-hybridized carbons (Fsp3) is 0.250. The van der Waals surface area contributed by atoms with Crippen LogP contribution in [0, 0.1) is 0 Å². The number of esters is 5. The van der Waals surface area contributed by atoms with E-state index in [1.165, 1.54) is 26.8 Å². The minimum Gasteiger partial charge on any atom is -0.423 e. The maximum atomic E-state index is 12.4. The Kier molecular flexibility index (Phi) is 7.36. The number of ether oxygens (including phenoxy) is 5. The van der Waals surface area contributed by atoms with E-state index in [4.69, 9.17) is 23.7 Å². The summed E-state index contributed by atoms with van der Waals surface area (Å²) in [4.78, 5) is 61.2. The first-order valence-electron chi connectivity index (χ1n) is 12.0. The Balaban J connectivity index is 2.34. The normalized spacial score (nSPS) is 10.9. The summed E-state index contributed by atoms with van der Waals surface area (Å²) in [6.07, 6.45) is 3.39. The van der Waals surface area contributed by atoms with Crippen LogP contribution in [-0.2, 0) is 38.1 Å². The Morgan fingerprint density at radius 3 is 1.57 bits per heavy atom. The Morgan fingerprint density at radius 1 is 0.550 bits per heavy atom. The van der Waals surface area contributed by atoms with Gasteiger partial charge in [-0.2, -0.15) is 0 Å². The summed E-state index contributed by atoms with van der Waals surface area (Å²) < 4.78 is 31.1. The van der Waals surface area contributed by atoms with Gasteiger partial charge in [0.25, 0.3) is 0 Å². The molecule has 0 aliphatic heterocycles. The molecule has 12 heteroatoms. The van der Waals surface area contributed by atoms with Crippen LogP contribution in [0.25, 0.3) is 32.9 Å². The molecule has 0 unspecified atom stereocenters. The molecule has 0 N–H and O–H groups in total. The van der Waals surface area contributed by atoms with Crippen molar-refractivity contribution >= 4 is 51.7 Å². The Labute approximate surface area is 227 Å². The number of carbonyl (C=O) groups is 5. The molecule has 40 heavy (non-hydrogen) atoms. The average Bonchev–Trinajstić information content (AvgIpc) is 3.38. The number of nitrogens with zero attached hydrogens (tertiary/aromatic N) is 2. The quantitative estimate of drug-likeness (QED) is 0.256. The first-order valence-corrected chi connectivity index (χ1v) is 12.0. The summed E-state index contributed by atoms with van der Waals surface area (Å²) in [5.41, 5.74) is 1.21. The molecule has 4 rings (SSSR count). The Bertz CT molecular complexity index is 1740. The molecule has 0 radical (unpaired) electrons. The lowest BCUT2D eigenvalue weighted by Crippen LogP contribution is -2.13. The van der Waals surface area contributed by atoms with Crippen LogP contribution in [0.5, 0.6) is 28.7 Å². The molecule has 208 valence electrons. The van der Waals surface area contributed by atoms with Gasteiger partial charge in [-0.1, -0.05) is 0 Å². The fourth-order valence-electron chi connectivity index (χ4n) is 4.52. The molecule has 0 saturated carbocycles. The van der Waals surface area contributed by atoms with E-state index in [-0.39, 0.29) is 39.9 Å². The van der Waals surface area contributed by atoms with E-state index < -0.39 is 29.8 Å². The molecule has 0 fully saturated rings. The van der Waals surface area contributed by atoms with E-state index in [0.717, 1.165) is 13.8 Å². The SMILES string of the molecule is CC(=O)Oc1cc2c(ccn2C)c(-c2c(OC(C)=O)c(OC(C)=O)c(OC(C)=O)c3c2ccn3C)c1OC(C)=O. The lowest BCUT2D eigenvalue weighted by molar-refractivity contribution is -0.135. The van der Waals surface area contributed by atoms with Gasteiger partial charge in [-0.05, 0) is 12.1 Å². The van der Waals surface area contributed by atoms with Crippen molar-refractivity contribution in [1.82, 2.24) is 9.13 Å². The standard InChI is InChI=1S/C28H26N2O10/c1-13(31)36-21-12-20-18(8-10-29(20)6)22(25(21)37-14(2)32)23-19-9-11-30(7)24(19)27(39-16(4)34)28(40-17(5)35)26(23)38-15(3)33/h8-12H,1-7H3. The molecule has 0 aliphatic rings. The van der Waals surface area contributed by atoms with Gasteiger partial charge in [0.05, 0.1) is 11.0 Å². The average molecular weight is 551 g/mol. The van der Waals surface area contributed by atoms with Crippen LogP contribution in [0.2, 0.25) is 0 Å². The van der Waals surface area contributed by atoms with E-state index in [9.17, 15) is 24.0 Å². The summed E-state index contributed by atoms with van der Waals surface area (Å²) >= 11 is 0. The van der Waals surface area contributed by atoms with Gasteiger partial charge in [0.2, 0.25) is 11.5 Å². The van der Waals surface area contributed by atoms with Crippen LogP contribution >= 0.6 is 0 Å². The first-order chi connectivity index (χ1) is 18.8. The number of carbonyl (C=O) groups excluding carboxylic acids is 5. The number of fused-ring (bicyclic) bond motifs is 2. The van der Waals surface area contributed by atoms with Crippen LogP contribution in [-0.4, -0.2) is 39.0 Å². The van der Waals surface area contributed by atoms with Crippen LogP contribution in [0.3, 0.4) is 0 Å². The summed E-state index contributed by atoms with van der Waals surface area (Å²) in [6, 6.07) is 4.92. The van der Waals surface area contributed by atoms with Crippen molar-refractivity contribution in [1.29, 1.82) is 0 Å². The van der Waals surface area contributed by atoms with Crippen LogP contribution < -0.4 is 23.7 Å². The van der Waals surface area contributed by atoms with Crippen LogP contribution in [0.4, 0.5) is 0 Å². The molecule has 0 spiro atoms. The van der Waals surface area contributed by atoms with Crippen molar-refractivity contribution in [2.75, 3.05) is 0 Å². The van der Waals surface area contributed by atoms with Crippen LogP contribution in [0.15, 0.2) is 30.6 Å². The predicted molar refractivity (Wildman–Crippen MR) is 141 cm³/mol. The van der Waals surface area contributed by atoms with Gasteiger partial charge in [0.1, 0.15) is 0 Å². The number of hydrogen-bond donors (Lipinski definition) is 0. The third kappa shape index (κ3) is 5.10. The van der Waals surface area contributed by atoms with E-state index in [1.54, 1.807) is 47.8 Å². The molecule has 4 aromatic rings. The van der Waals surface area contributed by atoms with E-state index in [0.29, 0.717) is 21.8 Å². The second kappa shape index (κ2) is 10.6. The van der Waals surface area contributed by atoms with Gasteiger partial charge in [0.15, 0.2) is 17.2 Å². The molecule has 0 atom stereocenters. The molecule has 2 aromatic heterocycles. The van der Waals surface area contributed by atoms with Crippen molar-refractivity contribution in [2.45, 2.75) is 34.6 Å². The molecule has 0 saturated heterocycles. The van der Waals surface area contributed by atoms with Gasteiger partial charge in [-0.25, -0.2) is 0 Å². The lowest BCUT2D eigenvalue weighted by Gasteiger charge is -2.22. The monoisotopic (exact) mass is 550 g/mol. The molecule has 0 aliphatic carbocycles. The molecule has 2 heterocycles. The number of benzene rings is 2. The minimum atomic E-state index is -0.792. The van der Waals surface area contributed by atoms with Gasteiger partial charge >= 0.3 is 29.8 Å². The number of aromatic nitrogens is 2. The largest absolute Gasteiger partial charge is 0.423 e. The van der Waals surface area contributed by atoms with Gasteiger partial charge in [-0.3, -0.25) is 24.0 Å². The zero-order valence-corrected chi connectivity index (χ0v) is 22.9. The Morgan fingerprint density at radius 2 is 1.00 bits per heavy atom. The molecule has 2 aromatic carbocycles. The van der Waals surface area contributed by atoms with Crippen molar-refractivity contribution in [3.8, 4) is 39.9 Å². The number of aryl methyl sites for hydroxylation is 2. The van der Waals surface area contributed by atoms with Crippen molar-refractivity contribution in [3.05, 3.63) is 30.6 Å². The summed E-state index contributed by atoms with van der Waals surface area (Å²) in [7, 11) is 3.43. The summed E-state index contributed by atoms with van der Waals surface area (Å²) in [5, 5.41) is 0.895. The minimum absolute atomic E-state index is 0.0806. The second-order valence-corrected chi connectivity index (χ2v) is 8.96. The topological polar surface area (TPSA) is 141 Å². The maximum Gasteiger partial charge on any atom is 0.308 e. The summed E-state index contributed by atoms with van der Waals surface area (Å²) in [5.74, 6) is -4.72. The van der Waals surface area contributed by atoms with Gasteiger partial charge in [-0.15, -0.1) is 0 Å². The highest BCUT2D eigenvalue weighted by molar-refractivity contribution is 6.14. The highest BCUT2D eigenvalue weighted by atomic mass is 16.6. The highest BCUT2D eigenvalue weighted by Crippen LogP contribution is 2.56. The van der Waals surface area contributed by atoms with Gasteiger partial charge in [0, 0.05) is 89.1 Å². The van der Waals surface area contributed by atoms with Crippen molar-refractivity contribution < 1.29 is 47.7 Å². The van der Waals surface area contributed by atoms with Crippen LogP contribution in [0.1, 0.15) is 34.6 Å². The van der Waals surface area contributed by atoms with Crippen molar-refractivity contribution in [3.63, 3.8) is 0 Å². The number of rotatable bonds is 6. The van der Waals surface area contributed by atoms with E-state index in [1.807, 2.05) is 0 Å². The van der Waals surface area contributed by atoms with Gasteiger partial charge < -0.3 is 32.8 Å². The lowest BCUT2D eigenvalue weighted by atomic mass is 9.94. The fourth-order valence-corrected chi connectivity index (χ4v) is 4.52. The molecule has 0 bridgehead atoms. The molecule has 0 amide bonds. The third-order valence-electron chi connectivity index (χ3n) is 5.79. The first kappa shape index (κ1) is 27.9. The van der Waals surface area contributed by atoms with E-state index >= 15 is 0 Å². The summed E-state index contributed by atoms with van der Waals surface area (Å²) in [6.45, 7) is 5.81. The third-order valence-corrected chi connectivity index (χ3v) is 5.79. The predicted octanol–water partition coefficient (Wildman–Crippen LogP) is 3.96. The highest BCUT2D eigenvalue weighted by Gasteiger charge is 2.33.